The Kier molecular flexibility index (Phi) is 1.93. The number of benzene rings is 2. The predicted molar refractivity (Wildman–Crippen MR) is 60.4 cm³/mol. The minimum Gasteiger partial charge on any atom is -0.496 e. The Hall–Kier alpha value is -1.58. The molecule has 0 radical (unpaired) electrons. The SMILES string of the molecule is COc1ccc2c3c(cccc13)[C@@H](O)[C@H]2O. The third-order valence-corrected chi connectivity index (χ3v) is 3.22. The van der Waals surface area contributed by atoms with Crippen molar-refractivity contribution in [2.75, 3.05) is 7.11 Å². The Morgan fingerprint density at radius 2 is 1.69 bits per heavy atom. The molecule has 0 spiro atoms. The van der Waals surface area contributed by atoms with Crippen molar-refractivity contribution in [1.82, 2.24) is 0 Å². The van der Waals surface area contributed by atoms with E-state index >= 15 is 0 Å². The number of hydrogen-bond donors (Lipinski definition) is 2. The lowest BCUT2D eigenvalue weighted by Crippen LogP contribution is -2.02. The average molecular weight is 216 g/mol. The largest absolute Gasteiger partial charge is 0.496 e. The molecule has 1 aliphatic carbocycles. The van der Waals surface area contributed by atoms with Crippen LogP contribution in [0.25, 0.3) is 10.8 Å². The number of rotatable bonds is 1. The molecule has 2 N–H and O–H groups in total. The third-order valence-electron chi connectivity index (χ3n) is 3.22. The quantitative estimate of drug-likeness (QED) is 0.765. The van der Waals surface area contributed by atoms with Gasteiger partial charge in [0.15, 0.2) is 0 Å². The summed E-state index contributed by atoms with van der Waals surface area (Å²) in [5, 5.41) is 21.7. The molecular weight excluding hydrogens is 204 g/mol. The summed E-state index contributed by atoms with van der Waals surface area (Å²) in [6, 6.07) is 9.28. The van der Waals surface area contributed by atoms with Crippen LogP contribution in [0.5, 0.6) is 5.75 Å². The van der Waals surface area contributed by atoms with E-state index in [1.54, 1.807) is 7.11 Å². The molecule has 0 aromatic heterocycles. The third kappa shape index (κ3) is 1.04. The van der Waals surface area contributed by atoms with E-state index in [1.807, 2.05) is 30.3 Å². The van der Waals surface area contributed by atoms with Gasteiger partial charge in [-0.15, -0.1) is 0 Å². The molecule has 2 atom stereocenters. The van der Waals surface area contributed by atoms with Crippen molar-refractivity contribution in [1.29, 1.82) is 0 Å². The fourth-order valence-corrected chi connectivity index (χ4v) is 2.45. The summed E-state index contributed by atoms with van der Waals surface area (Å²) in [6.07, 6.45) is -1.66. The second-order valence-corrected chi connectivity index (χ2v) is 4.02. The fourth-order valence-electron chi connectivity index (χ4n) is 2.45. The molecule has 0 saturated heterocycles. The Labute approximate surface area is 92.9 Å². The minimum absolute atomic E-state index is 0.766. The first kappa shape index (κ1) is 9.63. The summed E-state index contributed by atoms with van der Waals surface area (Å²) in [5.74, 6) is 0.766. The summed E-state index contributed by atoms with van der Waals surface area (Å²) >= 11 is 0. The summed E-state index contributed by atoms with van der Waals surface area (Å²) in [5.41, 5.74) is 1.55. The zero-order valence-corrected chi connectivity index (χ0v) is 8.84. The Bertz CT molecular complexity index is 548. The van der Waals surface area contributed by atoms with Gasteiger partial charge < -0.3 is 14.9 Å². The maximum absolute atomic E-state index is 9.91. The van der Waals surface area contributed by atoms with Crippen molar-refractivity contribution in [3.05, 3.63) is 41.5 Å². The van der Waals surface area contributed by atoms with Crippen molar-refractivity contribution in [2.45, 2.75) is 12.2 Å². The molecule has 0 heterocycles. The molecule has 2 aromatic rings. The maximum Gasteiger partial charge on any atom is 0.126 e. The van der Waals surface area contributed by atoms with E-state index in [4.69, 9.17) is 4.74 Å². The summed E-state index contributed by atoms with van der Waals surface area (Å²) in [4.78, 5) is 0. The highest BCUT2D eigenvalue weighted by Gasteiger charge is 2.31. The lowest BCUT2D eigenvalue weighted by molar-refractivity contribution is 0.0253. The molecule has 82 valence electrons. The van der Waals surface area contributed by atoms with Gasteiger partial charge in [0.25, 0.3) is 0 Å². The first-order valence-electron chi connectivity index (χ1n) is 5.19. The Balaban J connectivity index is 2.44. The number of hydrogen-bond acceptors (Lipinski definition) is 3. The van der Waals surface area contributed by atoms with E-state index in [2.05, 4.69) is 0 Å². The van der Waals surface area contributed by atoms with Crippen LogP contribution in [0.15, 0.2) is 30.3 Å². The van der Waals surface area contributed by atoms with E-state index in [1.165, 1.54) is 0 Å². The van der Waals surface area contributed by atoms with Gasteiger partial charge >= 0.3 is 0 Å². The summed E-state index contributed by atoms with van der Waals surface area (Å²) in [6.45, 7) is 0. The number of aliphatic hydroxyl groups is 2. The molecule has 3 nitrogen and oxygen atoms in total. The summed E-state index contributed by atoms with van der Waals surface area (Å²) in [7, 11) is 1.62. The second kappa shape index (κ2) is 3.20. The van der Waals surface area contributed by atoms with Crippen molar-refractivity contribution in [3.63, 3.8) is 0 Å². The van der Waals surface area contributed by atoms with Crippen molar-refractivity contribution in [3.8, 4) is 5.75 Å². The van der Waals surface area contributed by atoms with Gasteiger partial charge in [0.1, 0.15) is 18.0 Å². The van der Waals surface area contributed by atoms with Gasteiger partial charge in [0, 0.05) is 5.39 Å². The van der Waals surface area contributed by atoms with Crippen LogP contribution in [0, 0.1) is 0 Å². The first-order chi connectivity index (χ1) is 7.74. The van der Waals surface area contributed by atoms with E-state index in [-0.39, 0.29) is 0 Å². The first-order valence-corrected chi connectivity index (χ1v) is 5.19. The zero-order valence-electron chi connectivity index (χ0n) is 8.84. The Morgan fingerprint density at radius 3 is 2.38 bits per heavy atom. The molecule has 3 rings (SSSR count). The topological polar surface area (TPSA) is 49.7 Å². The lowest BCUT2D eigenvalue weighted by Gasteiger charge is -2.08. The Morgan fingerprint density at radius 1 is 1.00 bits per heavy atom. The molecule has 3 heteroatoms. The van der Waals surface area contributed by atoms with Gasteiger partial charge in [-0.2, -0.15) is 0 Å². The van der Waals surface area contributed by atoms with Crippen molar-refractivity contribution < 1.29 is 14.9 Å². The van der Waals surface area contributed by atoms with Gasteiger partial charge in [-0.05, 0) is 22.6 Å². The van der Waals surface area contributed by atoms with Gasteiger partial charge in [-0.1, -0.05) is 24.3 Å². The molecule has 0 unspecified atom stereocenters. The molecule has 0 bridgehead atoms. The van der Waals surface area contributed by atoms with Crippen molar-refractivity contribution >= 4 is 10.8 Å². The predicted octanol–water partition coefficient (Wildman–Crippen LogP) is 1.93. The number of aliphatic hydroxyl groups excluding tert-OH is 2. The highest BCUT2D eigenvalue weighted by Crippen LogP contribution is 2.46. The standard InChI is InChI=1S/C13H12O3/c1-16-10-6-5-9-11-7(10)3-2-4-8(11)12(14)13(9)15/h2-6,12-15H,1H3/t12-,13+/m1/s1. The van der Waals surface area contributed by atoms with Crippen LogP contribution in [0.2, 0.25) is 0 Å². The zero-order chi connectivity index (χ0) is 11.3. The summed E-state index contributed by atoms with van der Waals surface area (Å²) < 4.78 is 5.27. The van der Waals surface area contributed by atoms with E-state index < -0.39 is 12.2 Å². The van der Waals surface area contributed by atoms with Crippen LogP contribution >= 0.6 is 0 Å². The maximum atomic E-state index is 9.91. The second-order valence-electron chi connectivity index (χ2n) is 4.02. The highest BCUT2D eigenvalue weighted by atomic mass is 16.5. The molecule has 2 aromatic carbocycles. The lowest BCUT2D eigenvalue weighted by atomic mass is 10.0. The monoisotopic (exact) mass is 216 g/mol. The highest BCUT2D eigenvalue weighted by molar-refractivity contribution is 5.96. The van der Waals surface area contributed by atoms with Crippen LogP contribution < -0.4 is 4.74 Å². The average Bonchev–Trinajstić information content (AvgIpc) is 2.57. The molecule has 0 aliphatic heterocycles. The van der Waals surface area contributed by atoms with E-state index in [9.17, 15) is 10.2 Å². The van der Waals surface area contributed by atoms with Crippen LogP contribution in [0.1, 0.15) is 23.3 Å². The van der Waals surface area contributed by atoms with Crippen LogP contribution in [0.4, 0.5) is 0 Å². The molecule has 16 heavy (non-hydrogen) atoms. The number of ether oxygens (including phenoxy) is 1. The van der Waals surface area contributed by atoms with Crippen LogP contribution in [0.3, 0.4) is 0 Å². The van der Waals surface area contributed by atoms with Crippen LogP contribution in [-0.4, -0.2) is 17.3 Å². The molecular formula is C13H12O3. The van der Waals surface area contributed by atoms with Crippen LogP contribution in [-0.2, 0) is 0 Å². The smallest absolute Gasteiger partial charge is 0.126 e. The van der Waals surface area contributed by atoms with E-state index in [0.717, 1.165) is 27.6 Å². The van der Waals surface area contributed by atoms with Gasteiger partial charge in [0.05, 0.1) is 7.11 Å². The minimum atomic E-state index is -0.828. The van der Waals surface area contributed by atoms with E-state index in [0.29, 0.717) is 0 Å². The van der Waals surface area contributed by atoms with Gasteiger partial charge in [-0.25, -0.2) is 0 Å². The molecule has 0 fully saturated rings. The van der Waals surface area contributed by atoms with Gasteiger partial charge in [0.2, 0.25) is 0 Å². The normalized spacial score (nSPS) is 22.7. The number of methoxy groups -OCH3 is 1. The molecule has 1 aliphatic rings. The van der Waals surface area contributed by atoms with Crippen molar-refractivity contribution in [2.24, 2.45) is 0 Å². The fraction of sp³-hybridized carbons (Fsp3) is 0.231. The molecule has 0 saturated carbocycles. The molecule has 0 amide bonds. The van der Waals surface area contributed by atoms with Gasteiger partial charge in [-0.3, -0.25) is 0 Å².